The maximum atomic E-state index is 13.3. The zero-order chi connectivity index (χ0) is 23.8. The van der Waals surface area contributed by atoms with E-state index in [-0.39, 0.29) is 28.7 Å². The van der Waals surface area contributed by atoms with E-state index in [1.807, 2.05) is 31.2 Å². The van der Waals surface area contributed by atoms with Gasteiger partial charge in [0.2, 0.25) is 21.8 Å². The van der Waals surface area contributed by atoms with Gasteiger partial charge in [-0.3, -0.25) is 9.59 Å². The molecule has 1 atom stereocenters. The van der Waals surface area contributed by atoms with Crippen LogP contribution in [0.25, 0.3) is 0 Å². The van der Waals surface area contributed by atoms with E-state index >= 15 is 0 Å². The summed E-state index contributed by atoms with van der Waals surface area (Å²) in [6.07, 6.45) is 2.55. The van der Waals surface area contributed by atoms with Crippen molar-refractivity contribution >= 4 is 33.2 Å². The van der Waals surface area contributed by atoms with E-state index in [9.17, 15) is 18.0 Å². The van der Waals surface area contributed by atoms with Crippen LogP contribution in [0.4, 0.5) is 11.4 Å². The van der Waals surface area contributed by atoms with Gasteiger partial charge in [-0.1, -0.05) is 19.1 Å². The summed E-state index contributed by atoms with van der Waals surface area (Å²) in [7, 11) is -3.66. The van der Waals surface area contributed by atoms with E-state index in [1.54, 1.807) is 23.1 Å². The van der Waals surface area contributed by atoms with Crippen LogP contribution in [0.1, 0.15) is 44.7 Å². The molecular weight excluding hydrogens is 438 g/mol. The number of carbonyl (C=O) groups is 2. The molecule has 0 bridgehead atoms. The maximum Gasteiger partial charge on any atom is 0.243 e. The first kappa shape index (κ1) is 23.4. The minimum atomic E-state index is -3.66. The maximum absolute atomic E-state index is 13.3. The van der Waals surface area contributed by atoms with Crippen molar-refractivity contribution in [2.45, 2.75) is 57.4 Å². The number of piperidine rings is 1. The van der Waals surface area contributed by atoms with Gasteiger partial charge in [0.25, 0.3) is 0 Å². The molecule has 7 nitrogen and oxygen atoms in total. The van der Waals surface area contributed by atoms with Crippen LogP contribution in [0.3, 0.4) is 0 Å². The van der Waals surface area contributed by atoms with Crippen LogP contribution in [0.2, 0.25) is 0 Å². The second-order valence-corrected chi connectivity index (χ2v) is 10.9. The van der Waals surface area contributed by atoms with Gasteiger partial charge < -0.3 is 10.2 Å². The molecule has 2 aliphatic heterocycles. The number of hydrogen-bond acceptors (Lipinski definition) is 4. The number of hydrogen-bond donors (Lipinski definition) is 1. The molecule has 0 radical (unpaired) electrons. The molecule has 2 heterocycles. The first-order chi connectivity index (χ1) is 15.7. The zero-order valence-corrected chi connectivity index (χ0v) is 20.2. The van der Waals surface area contributed by atoms with Gasteiger partial charge in [0.05, 0.1) is 4.90 Å². The minimum Gasteiger partial charge on any atom is -0.326 e. The first-order valence-corrected chi connectivity index (χ1v) is 13.0. The van der Waals surface area contributed by atoms with Gasteiger partial charge in [0.15, 0.2) is 0 Å². The third-order valence-corrected chi connectivity index (χ3v) is 8.59. The number of amides is 2. The topological polar surface area (TPSA) is 86.8 Å². The minimum absolute atomic E-state index is 0.0166. The molecule has 1 N–H and O–H groups in total. The molecule has 4 rings (SSSR count). The lowest BCUT2D eigenvalue weighted by molar-refractivity contribution is -0.121. The molecule has 2 aliphatic rings. The summed E-state index contributed by atoms with van der Waals surface area (Å²) in [5, 5.41) is 2.95. The number of aryl methyl sites for hydroxylation is 1. The molecule has 0 unspecified atom stereocenters. The smallest absolute Gasteiger partial charge is 0.243 e. The van der Waals surface area contributed by atoms with Crippen molar-refractivity contribution in [1.29, 1.82) is 0 Å². The second kappa shape index (κ2) is 9.27. The summed E-state index contributed by atoms with van der Waals surface area (Å²) < 4.78 is 28.0. The Morgan fingerprint density at radius 2 is 1.73 bits per heavy atom. The monoisotopic (exact) mass is 469 g/mol. The highest BCUT2D eigenvalue weighted by molar-refractivity contribution is 7.89. The fourth-order valence-corrected chi connectivity index (χ4v) is 6.34. The molecule has 0 saturated carbocycles. The quantitative estimate of drug-likeness (QED) is 0.725. The SMILES string of the molecule is CCc1ccc(NC(=O)C2CCN(S(=O)(=O)c3ccc4c(c3)C[C@H](C)N4C(C)=O)CC2)cc1. The van der Waals surface area contributed by atoms with Crippen LogP contribution in [0.15, 0.2) is 47.4 Å². The Kier molecular flexibility index (Phi) is 6.59. The zero-order valence-electron chi connectivity index (χ0n) is 19.4. The molecule has 0 aromatic heterocycles. The van der Waals surface area contributed by atoms with Crippen LogP contribution in [-0.2, 0) is 32.5 Å². The third kappa shape index (κ3) is 4.68. The number of rotatable bonds is 5. The van der Waals surface area contributed by atoms with Gasteiger partial charge in [0, 0.05) is 43.3 Å². The molecule has 0 spiro atoms. The van der Waals surface area contributed by atoms with E-state index in [4.69, 9.17) is 0 Å². The predicted molar refractivity (Wildman–Crippen MR) is 129 cm³/mol. The summed E-state index contributed by atoms with van der Waals surface area (Å²) in [6, 6.07) is 12.8. The Hall–Kier alpha value is -2.71. The molecule has 1 saturated heterocycles. The summed E-state index contributed by atoms with van der Waals surface area (Å²) in [4.78, 5) is 26.6. The second-order valence-electron chi connectivity index (χ2n) is 8.95. The van der Waals surface area contributed by atoms with Crippen molar-refractivity contribution in [3.63, 3.8) is 0 Å². The number of benzene rings is 2. The normalized spacial score (nSPS) is 19.4. The highest BCUT2D eigenvalue weighted by atomic mass is 32.2. The van der Waals surface area contributed by atoms with Crippen molar-refractivity contribution in [1.82, 2.24) is 4.31 Å². The van der Waals surface area contributed by atoms with Gasteiger partial charge in [-0.15, -0.1) is 0 Å². The van der Waals surface area contributed by atoms with Gasteiger partial charge >= 0.3 is 0 Å². The number of nitrogens with one attached hydrogen (secondary N) is 1. The Bertz CT molecular complexity index is 1150. The third-order valence-electron chi connectivity index (χ3n) is 6.70. The highest BCUT2D eigenvalue weighted by Gasteiger charge is 2.34. The van der Waals surface area contributed by atoms with E-state index < -0.39 is 10.0 Å². The molecule has 0 aliphatic carbocycles. The number of sulfonamides is 1. The van der Waals surface area contributed by atoms with Gasteiger partial charge in [-0.25, -0.2) is 8.42 Å². The van der Waals surface area contributed by atoms with Crippen molar-refractivity contribution in [2.24, 2.45) is 5.92 Å². The summed E-state index contributed by atoms with van der Waals surface area (Å²) >= 11 is 0. The van der Waals surface area contributed by atoms with Crippen LogP contribution < -0.4 is 10.2 Å². The van der Waals surface area contributed by atoms with Gasteiger partial charge in [-0.05, 0) is 74.1 Å². The van der Waals surface area contributed by atoms with E-state index in [0.717, 1.165) is 23.4 Å². The first-order valence-electron chi connectivity index (χ1n) is 11.5. The average molecular weight is 470 g/mol. The molecule has 2 aromatic carbocycles. The van der Waals surface area contributed by atoms with Crippen molar-refractivity contribution in [2.75, 3.05) is 23.3 Å². The fraction of sp³-hybridized carbons (Fsp3) is 0.440. The van der Waals surface area contributed by atoms with Crippen molar-refractivity contribution in [3.05, 3.63) is 53.6 Å². The Morgan fingerprint density at radius 3 is 2.33 bits per heavy atom. The number of carbonyl (C=O) groups excluding carboxylic acids is 2. The van der Waals surface area contributed by atoms with Crippen LogP contribution in [0.5, 0.6) is 0 Å². The molecule has 2 aromatic rings. The number of nitrogens with zero attached hydrogens (tertiary/aromatic N) is 2. The highest BCUT2D eigenvalue weighted by Crippen LogP contribution is 2.35. The van der Waals surface area contributed by atoms with Crippen LogP contribution in [-0.4, -0.2) is 43.7 Å². The summed E-state index contributed by atoms with van der Waals surface area (Å²) in [5.41, 5.74) is 3.64. The predicted octanol–water partition coefficient (Wildman–Crippen LogP) is 3.59. The Morgan fingerprint density at radius 1 is 1.06 bits per heavy atom. The fourth-order valence-electron chi connectivity index (χ4n) is 4.82. The molecule has 33 heavy (non-hydrogen) atoms. The summed E-state index contributed by atoms with van der Waals surface area (Å²) in [6.45, 7) is 6.18. The van der Waals surface area contributed by atoms with E-state index in [1.165, 1.54) is 16.8 Å². The van der Waals surface area contributed by atoms with E-state index in [2.05, 4.69) is 12.2 Å². The van der Waals surface area contributed by atoms with Crippen molar-refractivity contribution < 1.29 is 18.0 Å². The van der Waals surface area contributed by atoms with Crippen LogP contribution >= 0.6 is 0 Å². The van der Waals surface area contributed by atoms with Gasteiger partial charge in [0.1, 0.15) is 0 Å². The average Bonchev–Trinajstić information content (AvgIpc) is 3.14. The van der Waals surface area contributed by atoms with E-state index in [0.29, 0.717) is 32.4 Å². The summed E-state index contributed by atoms with van der Waals surface area (Å²) in [5.74, 6) is -0.321. The van der Waals surface area contributed by atoms with Crippen LogP contribution in [0, 0.1) is 5.92 Å². The number of fused-ring (bicyclic) bond motifs is 1. The lowest BCUT2D eigenvalue weighted by Crippen LogP contribution is -2.41. The number of anilines is 2. The van der Waals surface area contributed by atoms with Gasteiger partial charge in [-0.2, -0.15) is 4.31 Å². The molecular formula is C25H31N3O4S. The Labute approximate surface area is 195 Å². The molecule has 176 valence electrons. The largest absolute Gasteiger partial charge is 0.326 e. The van der Waals surface area contributed by atoms with Crippen molar-refractivity contribution in [3.8, 4) is 0 Å². The lowest BCUT2D eigenvalue weighted by atomic mass is 9.97. The molecule has 1 fully saturated rings. The molecule has 2 amide bonds. The molecule has 8 heteroatoms. The lowest BCUT2D eigenvalue weighted by Gasteiger charge is -2.30. The standard InChI is InChI=1S/C25H31N3O4S/c1-4-19-5-7-22(8-6-19)26-25(30)20-11-13-27(14-12-20)33(31,32)23-9-10-24-21(16-23)15-17(2)28(24)18(3)29/h5-10,16-17,20H,4,11-15H2,1-3H3,(H,26,30)/t17-/m0/s1. The Balaban J connectivity index is 1.40.